The molecular weight excluding hydrogens is 216 g/mol. The van der Waals surface area contributed by atoms with Crippen molar-refractivity contribution in [1.82, 2.24) is 10.2 Å². The van der Waals surface area contributed by atoms with Crippen LogP contribution in [-0.4, -0.2) is 37.8 Å². The van der Waals surface area contributed by atoms with Crippen LogP contribution in [0.3, 0.4) is 0 Å². The van der Waals surface area contributed by atoms with Crippen LogP contribution < -0.4 is 5.32 Å². The van der Waals surface area contributed by atoms with Gasteiger partial charge in [0.05, 0.1) is 0 Å². The Morgan fingerprint density at radius 2 is 2.19 bits per heavy atom. The molecule has 1 aromatic carbocycles. The number of hydrogen-bond acceptors (Lipinski definition) is 3. The number of benzene rings is 1. The fraction of sp³-hybridized carbons (Fsp3) is 0.538. The highest BCUT2D eigenvalue weighted by Gasteiger charge is 2.19. The zero-order valence-electron chi connectivity index (χ0n) is 10.1. The van der Waals surface area contributed by atoms with E-state index in [1.807, 2.05) is 11.8 Å². The first kappa shape index (κ1) is 12.0. The predicted octanol–water partition coefficient (Wildman–Crippen LogP) is 2.37. The molecule has 2 nitrogen and oxygen atoms in total. The largest absolute Gasteiger partial charge is 0.309 e. The molecule has 2 rings (SSSR count). The number of likely N-dealkylation sites (N-methyl/N-ethyl adjacent to an activating group) is 1. The molecule has 1 aliphatic rings. The summed E-state index contributed by atoms with van der Waals surface area (Å²) in [4.78, 5) is 3.67. The summed E-state index contributed by atoms with van der Waals surface area (Å²) in [5, 5.41) is 3.65. The summed E-state index contributed by atoms with van der Waals surface area (Å²) >= 11 is 1.98. The van der Waals surface area contributed by atoms with Crippen LogP contribution >= 0.6 is 11.8 Å². The number of thioether (sulfide) groups is 1. The Morgan fingerprint density at radius 1 is 1.38 bits per heavy atom. The zero-order valence-corrected chi connectivity index (χ0v) is 10.9. The molecule has 1 aliphatic heterocycles. The van der Waals surface area contributed by atoms with Crippen LogP contribution in [0.4, 0.5) is 0 Å². The van der Waals surface area contributed by atoms with E-state index in [0.29, 0.717) is 6.04 Å². The highest BCUT2D eigenvalue weighted by Crippen LogP contribution is 2.35. The minimum atomic E-state index is 0.553. The van der Waals surface area contributed by atoms with Gasteiger partial charge in [-0.2, -0.15) is 0 Å². The second-order valence-electron chi connectivity index (χ2n) is 4.48. The van der Waals surface area contributed by atoms with Crippen molar-refractivity contribution in [3.05, 3.63) is 29.8 Å². The fourth-order valence-corrected chi connectivity index (χ4v) is 3.14. The van der Waals surface area contributed by atoms with E-state index >= 15 is 0 Å². The summed E-state index contributed by atoms with van der Waals surface area (Å²) in [5.41, 5.74) is 1.48. The average molecular weight is 236 g/mol. The molecular formula is C13H20N2S. The molecule has 0 bridgehead atoms. The van der Waals surface area contributed by atoms with Crippen molar-refractivity contribution < 1.29 is 0 Å². The van der Waals surface area contributed by atoms with Crippen molar-refractivity contribution in [2.75, 3.05) is 32.9 Å². The van der Waals surface area contributed by atoms with Crippen molar-refractivity contribution in [2.45, 2.75) is 17.4 Å². The zero-order chi connectivity index (χ0) is 11.4. The highest BCUT2D eigenvalue weighted by molar-refractivity contribution is 7.99. The lowest BCUT2D eigenvalue weighted by molar-refractivity contribution is 0.381. The summed E-state index contributed by atoms with van der Waals surface area (Å²) in [6.07, 6.45) is 1.25. The molecule has 0 fully saturated rings. The molecule has 0 radical (unpaired) electrons. The van der Waals surface area contributed by atoms with Crippen molar-refractivity contribution >= 4 is 11.8 Å². The number of nitrogens with zero attached hydrogens (tertiary/aromatic N) is 1. The maximum Gasteiger partial charge on any atom is 0.0339 e. The van der Waals surface area contributed by atoms with Crippen LogP contribution in [-0.2, 0) is 0 Å². The molecule has 88 valence electrons. The van der Waals surface area contributed by atoms with E-state index in [2.05, 4.69) is 48.6 Å². The van der Waals surface area contributed by atoms with Crippen molar-refractivity contribution in [1.29, 1.82) is 0 Å². The van der Waals surface area contributed by atoms with Gasteiger partial charge in [-0.25, -0.2) is 0 Å². The molecule has 0 saturated carbocycles. The summed E-state index contributed by atoms with van der Waals surface area (Å²) in [6, 6.07) is 9.32. The first-order chi connectivity index (χ1) is 7.77. The van der Waals surface area contributed by atoms with Crippen LogP contribution in [0.2, 0.25) is 0 Å². The third kappa shape index (κ3) is 3.00. The summed E-state index contributed by atoms with van der Waals surface area (Å²) in [7, 11) is 4.23. The van der Waals surface area contributed by atoms with Crippen molar-refractivity contribution in [3.8, 4) is 0 Å². The van der Waals surface area contributed by atoms with Gasteiger partial charge in [0.15, 0.2) is 0 Å². The maximum atomic E-state index is 3.65. The maximum absolute atomic E-state index is 3.65. The van der Waals surface area contributed by atoms with E-state index in [0.717, 1.165) is 13.1 Å². The highest BCUT2D eigenvalue weighted by atomic mass is 32.2. The van der Waals surface area contributed by atoms with Gasteiger partial charge >= 0.3 is 0 Å². The Balaban J connectivity index is 1.96. The van der Waals surface area contributed by atoms with Gasteiger partial charge in [-0.05, 0) is 37.9 Å². The molecule has 16 heavy (non-hydrogen) atoms. The average Bonchev–Trinajstić information content (AvgIpc) is 2.29. The lowest BCUT2D eigenvalue weighted by Gasteiger charge is -2.26. The van der Waals surface area contributed by atoms with Gasteiger partial charge in [0, 0.05) is 24.0 Å². The Morgan fingerprint density at radius 3 is 3.00 bits per heavy atom. The molecule has 1 N–H and O–H groups in total. The van der Waals surface area contributed by atoms with Crippen LogP contribution in [0.25, 0.3) is 0 Å². The van der Waals surface area contributed by atoms with Gasteiger partial charge in [-0.15, -0.1) is 11.8 Å². The smallest absolute Gasteiger partial charge is 0.0339 e. The summed E-state index contributed by atoms with van der Waals surface area (Å²) < 4.78 is 0. The van der Waals surface area contributed by atoms with Gasteiger partial charge in [-0.1, -0.05) is 18.2 Å². The molecule has 1 aromatic rings. The Labute approximate surface area is 102 Å². The van der Waals surface area contributed by atoms with E-state index in [-0.39, 0.29) is 0 Å². The Bertz CT molecular complexity index is 338. The minimum Gasteiger partial charge on any atom is -0.309 e. The molecule has 1 unspecified atom stereocenters. The Hall–Kier alpha value is -0.510. The fourth-order valence-electron chi connectivity index (χ4n) is 2.02. The molecule has 0 amide bonds. The molecule has 0 saturated heterocycles. The number of hydrogen-bond donors (Lipinski definition) is 1. The van der Waals surface area contributed by atoms with Gasteiger partial charge in [0.25, 0.3) is 0 Å². The van der Waals surface area contributed by atoms with Crippen LogP contribution in [0.5, 0.6) is 0 Å². The normalized spacial score (nSPS) is 19.8. The lowest BCUT2D eigenvalue weighted by Crippen LogP contribution is -2.31. The van der Waals surface area contributed by atoms with Gasteiger partial charge in [0.1, 0.15) is 0 Å². The molecule has 1 atom stereocenters. The monoisotopic (exact) mass is 236 g/mol. The number of nitrogens with one attached hydrogen (secondary N) is 1. The molecule has 0 aromatic heterocycles. The van der Waals surface area contributed by atoms with E-state index in [1.54, 1.807) is 0 Å². The van der Waals surface area contributed by atoms with E-state index in [9.17, 15) is 0 Å². The third-order valence-corrected chi connectivity index (χ3v) is 4.03. The first-order valence-corrected chi connectivity index (χ1v) is 6.86. The SMILES string of the molecule is CN(C)CCNC1CCSc2ccccc21. The van der Waals surface area contributed by atoms with Crippen LogP contribution in [0.15, 0.2) is 29.2 Å². The standard InChI is InChI=1S/C13H20N2S/c1-15(2)9-8-14-12-7-10-16-13-6-4-3-5-11(12)13/h3-6,12,14H,7-10H2,1-2H3. The van der Waals surface area contributed by atoms with E-state index < -0.39 is 0 Å². The topological polar surface area (TPSA) is 15.3 Å². The second kappa shape index (κ2) is 5.71. The predicted molar refractivity (Wildman–Crippen MR) is 71.1 cm³/mol. The third-order valence-electron chi connectivity index (χ3n) is 2.91. The van der Waals surface area contributed by atoms with Gasteiger partial charge in [0.2, 0.25) is 0 Å². The van der Waals surface area contributed by atoms with Crippen molar-refractivity contribution in [2.24, 2.45) is 0 Å². The molecule has 1 heterocycles. The van der Waals surface area contributed by atoms with E-state index in [4.69, 9.17) is 0 Å². The van der Waals surface area contributed by atoms with Crippen LogP contribution in [0, 0.1) is 0 Å². The number of fused-ring (bicyclic) bond motifs is 1. The van der Waals surface area contributed by atoms with E-state index in [1.165, 1.54) is 22.6 Å². The summed E-state index contributed by atoms with van der Waals surface area (Å²) in [5.74, 6) is 1.23. The van der Waals surface area contributed by atoms with Gasteiger partial charge < -0.3 is 10.2 Å². The first-order valence-electron chi connectivity index (χ1n) is 5.87. The Kier molecular flexibility index (Phi) is 4.27. The van der Waals surface area contributed by atoms with Crippen LogP contribution in [0.1, 0.15) is 18.0 Å². The summed E-state index contributed by atoms with van der Waals surface area (Å²) in [6.45, 7) is 2.17. The minimum absolute atomic E-state index is 0.553. The lowest BCUT2D eigenvalue weighted by atomic mass is 10.0. The van der Waals surface area contributed by atoms with Gasteiger partial charge in [-0.3, -0.25) is 0 Å². The molecule has 0 spiro atoms. The quantitative estimate of drug-likeness (QED) is 0.864. The second-order valence-corrected chi connectivity index (χ2v) is 5.62. The molecule has 0 aliphatic carbocycles. The van der Waals surface area contributed by atoms with Crippen molar-refractivity contribution in [3.63, 3.8) is 0 Å². The number of rotatable bonds is 4. The molecule has 3 heteroatoms.